The first-order valence-electron chi connectivity index (χ1n) is 6.43. The molecule has 0 N–H and O–H groups in total. The van der Waals surface area contributed by atoms with Crippen LogP contribution in [0.1, 0.15) is 42.6 Å². The maximum atomic E-state index is 12.0. The lowest BCUT2D eigenvalue weighted by molar-refractivity contribution is -0.140. The first-order valence-corrected chi connectivity index (χ1v) is 7.31. The summed E-state index contributed by atoms with van der Waals surface area (Å²) in [4.78, 5) is 23.1. The lowest BCUT2D eigenvalue weighted by Gasteiger charge is -2.09. The van der Waals surface area contributed by atoms with Gasteiger partial charge in [0.15, 0.2) is 0 Å². The molecule has 0 fully saturated rings. The first-order chi connectivity index (χ1) is 9.06. The molecular weight excluding hydrogens is 260 g/mol. The molecule has 3 nitrogen and oxygen atoms in total. The average Bonchev–Trinajstić information content (AvgIpc) is 2.39. The van der Waals surface area contributed by atoms with Crippen molar-refractivity contribution in [1.82, 2.24) is 0 Å². The topological polar surface area (TPSA) is 43.4 Å². The van der Waals surface area contributed by atoms with E-state index < -0.39 is 0 Å². The Morgan fingerprint density at radius 2 is 1.89 bits per heavy atom. The van der Waals surface area contributed by atoms with Gasteiger partial charge < -0.3 is 4.74 Å². The minimum atomic E-state index is -0.286. The number of benzene rings is 1. The van der Waals surface area contributed by atoms with E-state index in [0.717, 1.165) is 12.8 Å². The second kappa shape index (κ2) is 8.00. The molecule has 1 unspecified atom stereocenters. The fourth-order valence-electron chi connectivity index (χ4n) is 1.71. The molecule has 1 rings (SSSR count). The summed E-state index contributed by atoms with van der Waals surface area (Å²) >= 11 is 1.18. The van der Waals surface area contributed by atoms with E-state index in [0.29, 0.717) is 5.56 Å². The molecule has 4 heteroatoms. The molecule has 0 aliphatic heterocycles. The van der Waals surface area contributed by atoms with Gasteiger partial charge in [-0.2, -0.15) is 0 Å². The summed E-state index contributed by atoms with van der Waals surface area (Å²) in [6.45, 7) is 3.98. The molecule has 1 aromatic rings. The Morgan fingerprint density at radius 1 is 1.26 bits per heavy atom. The Labute approximate surface area is 118 Å². The molecule has 0 saturated carbocycles. The minimum Gasteiger partial charge on any atom is -0.469 e. The number of carbonyl (C=O) groups excluding carboxylic acids is 2. The number of esters is 1. The van der Waals surface area contributed by atoms with Gasteiger partial charge in [0.25, 0.3) is 0 Å². The van der Waals surface area contributed by atoms with Crippen LogP contribution in [0, 0.1) is 0 Å². The molecule has 0 amide bonds. The molecule has 0 radical (unpaired) electrons. The standard InChI is InChI=1S/C15H20O3S/c1-4-5-12-6-8-13(9-7-12)15(17)19-11(2)10-14(16)18-3/h6-9,11H,4-5,10H2,1-3H3. The number of hydrogen-bond acceptors (Lipinski definition) is 4. The molecule has 0 saturated heterocycles. The van der Waals surface area contributed by atoms with Crippen molar-refractivity contribution in [3.8, 4) is 0 Å². The predicted octanol–water partition coefficient (Wildman–Crippen LogP) is 3.46. The van der Waals surface area contributed by atoms with E-state index in [1.54, 1.807) is 0 Å². The fourth-order valence-corrected chi connectivity index (χ4v) is 2.56. The lowest BCUT2D eigenvalue weighted by Crippen LogP contribution is -2.11. The molecule has 19 heavy (non-hydrogen) atoms. The highest BCUT2D eigenvalue weighted by Crippen LogP contribution is 2.21. The normalized spacial score (nSPS) is 11.9. The van der Waals surface area contributed by atoms with E-state index in [1.807, 2.05) is 31.2 Å². The number of aryl methyl sites for hydroxylation is 1. The summed E-state index contributed by atoms with van der Waals surface area (Å²) < 4.78 is 4.59. The van der Waals surface area contributed by atoms with Gasteiger partial charge in [0, 0.05) is 10.8 Å². The molecule has 0 bridgehead atoms. The van der Waals surface area contributed by atoms with E-state index in [4.69, 9.17) is 0 Å². The van der Waals surface area contributed by atoms with Crippen molar-refractivity contribution in [3.05, 3.63) is 35.4 Å². The van der Waals surface area contributed by atoms with Crippen LogP contribution in [0.25, 0.3) is 0 Å². The monoisotopic (exact) mass is 280 g/mol. The second-order valence-electron chi connectivity index (χ2n) is 4.44. The summed E-state index contributed by atoms with van der Waals surface area (Å²) in [5, 5.41) is -0.0743. The molecule has 1 aromatic carbocycles. The van der Waals surface area contributed by atoms with Gasteiger partial charge in [0.1, 0.15) is 0 Å². The van der Waals surface area contributed by atoms with Crippen LogP contribution < -0.4 is 0 Å². The van der Waals surface area contributed by atoms with E-state index in [-0.39, 0.29) is 22.8 Å². The van der Waals surface area contributed by atoms with Crippen LogP contribution in [0.3, 0.4) is 0 Å². The van der Waals surface area contributed by atoms with E-state index in [9.17, 15) is 9.59 Å². The maximum Gasteiger partial charge on any atom is 0.306 e. The van der Waals surface area contributed by atoms with Gasteiger partial charge in [-0.1, -0.05) is 56.3 Å². The zero-order valence-corrected chi connectivity index (χ0v) is 12.5. The highest BCUT2D eigenvalue weighted by Gasteiger charge is 2.15. The summed E-state index contributed by atoms with van der Waals surface area (Å²) in [6, 6.07) is 7.68. The van der Waals surface area contributed by atoms with Crippen molar-refractivity contribution in [2.24, 2.45) is 0 Å². The molecule has 104 valence electrons. The average molecular weight is 280 g/mol. The van der Waals surface area contributed by atoms with Gasteiger partial charge in [-0.3, -0.25) is 9.59 Å². The van der Waals surface area contributed by atoms with Gasteiger partial charge in [-0.25, -0.2) is 0 Å². The summed E-state index contributed by atoms with van der Waals surface area (Å²) in [6.07, 6.45) is 2.37. The summed E-state index contributed by atoms with van der Waals surface area (Å²) in [7, 11) is 1.36. The van der Waals surface area contributed by atoms with E-state index in [2.05, 4.69) is 11.7 Å². The van der Waals surface area contributed by atoms with Crippen LogP contribution in [-0.2, 0) is 16.0 Å². The molecule has 0 aliphatic rings. The van der Waals surface area contributed by atoms with Crippen LogP contribution in [-0.4, -0.2) is 23.4 Å². The molecule has 0 aromatic heterocycles. The molecule has 0 spiro atoms. The number of rotatable bonds is 6. The van der Waals surface area contributed by atoms with Crippen LogP contribution in [0.15, 0.2) is 24.3 Å². The van der Waals surface area contributed by atoms with Crippen LogP contribution >= 0.6 is 11.8 Å². The van der Waals surface area contributed by atoms with Gasteiger partial charge in [-0.15, -0.1) is 0 Å². The Balaban J connectivity index is 2.55. The fraction of sp³-hybridized carbons (Fsp3) is 0.467. The van der Waals surface area contributed by atoms with Crippen molar-refractivity contribution >= 4 is 22.8 Å². The van der Waals surface area contributed by atoms with Gasteiger partial charge >= 0.3 is 5.97 Å². The van der Waals surface area contributed by atoms with Crippen molar-refractivity contribution in [1.29, 1.82) is 0 Å². The van der Waals surface area contributed by atoms with Crippen LogP contribution in [0.2, 0.25) is 0 Å². The summed E-state index contributed by atoms with van der Waals surface area (Å²) in [5.74, 6) is -0.286. The highest BCUT2D eigenvalue weighted by molar-refractivity contribution is 8.14. The maximum absolute atomic E-state index is 12.0. The Morgan fingerprint density at radius 3 is 2.42 bits per heavy atom. The number of carbonyl (C=O) groups is 2. The third-order valence-corrected chi connectivity index (χ3v) is 3.74. The Hall–Kier alpha value is -1.29. The quantitative estimate of drug-likeness (QED) is 0.748. The third kappa shape index (κ3) is 5.47. The molecule has 1 atom stereocenters. The minimum absolute atomic E-state index is 0.000508. The largest absolute Gasteiger partial charge is 0.469 e. The van der Waals surface area contributed by atoms with Gasteiger partial charge in [0.2, 0.25) is 5.12 Å². The molecule has 0 aliphatic carbocycles. The van der Waals surface area contributed by atoms with Gasteiger partial charge in [-0.05, 0) is 12.0 Å². The SMILES string of the molecule is CCCc1ccc(C(=O)SC(C)CC(=O)OC)cc1. The Kier molecular flexibility index (Phi) is 6.64. The third-order valence-electron chi connectivity index (χ3n) is 2.72. The number of hydrogen-bond donors (Lipinski definition) is 0. The zero-order valence-electron chi connectivity index (χ0n) is 11.6. The van der Waals surface area contributed by atoms with Crippen molar-refractivity contribution in [2.45, 2.75) is 38.4 Å². The number of methoxy groups -OCH3 is 1. The van der Waals surface area contributed by atoms with E-state index >= 15 is 0 Å². The molecular formula is C15H20O3S. The van der Waals surface area contributed by atoms with Crippen molar-refractivity contribution in [2.75, 3.05) is 7.11 Å². The first kappa shape index (κ1) is 15.8. The van der Waals surface area contributed by atoms with Crippen molar-refractivity contribution in [3.63, 3.8) is 0 Å². The van der Waals surface area contributed by atoms with Gasteiger partial charge in [0.05, 0.1) is 13.5 Å². The van der Waals surface area contributed by atoms with E-state index in [1.165, 1.54) is 24.4 Å². The van der Waals surface area contributed by atoms with Crippen molar-refractivity contribution < 1.29 is 14.3 Å². The van der Waals surface area contributed by atoms with Crippen LogP contribution in [0.4, 0.5) is 0 Å². The predicted molar refractivity (Wildman–Crippen MR) is 78.5 cm³/mol. The summed E-state index contributed by atoms with van der Waals surface area (Å²) in [5.41, 5.74) is 1.92. The zero-order chi connectivity index (χ0) is 14.3. The Bertz CT molecular complexity index is 426. The highest BCUT2D eigenvalue weighted by atomic mass is 32.2. The van der Waals surface area contributed by atoms with Crippen LogP contribution in [0.5, 0.6) is 0 Å². The number of ether oxygens (including phenoxy) is 1. The number of thioether (sulfide) groups is 1. The second-order valence-corrected chi connectivity index (χ2v) is 5.85. The lowest BCUT2D eigenvalue weighted by atomic mass is 10.1. The molecule has 0 heterocycles. The smallest absolute Gasteiger partial charge is 0.306 e.